The van der Waals surface area contributed by atoms with E-state index in [1.54, 1.807) is 0 Å². The van der Waals surface area contributed by atoms with Gasteiger partial charge in [0.1, 0.15) is 0 Å². The first kappa shape index (κ1) is 13.9. The van der Waals surface area contributed by atoms with Gasteiger partial charge in [0.25, 0.3) is 0 Å². The highest BCUT2D eigenvalue weighted by molar-refractivity contribution is 7.99. The molecule has 1 aromatic carbocycles. The van der Waals surface area contributed by atoms with Gasteiger partial charge in [-0.2, -0.15) is 0 Å². The van der Waals surface area contributed by atoms with Crippen LogP contribution in [-0.4, -0.2) is 17.0 Å². The second kappa shape index (κ2) is 6.60. The van der Waals surface area contributed by atoms with Gasteiger partial charge in [0.05, 0.1) is 6.10 Å². The summed E-state index contributed by atoms with van der Waals surface area (Å²) in [4.78, 5) is 1.31. The lowest BCUT2D eigenvalue weighted by Gasteiger charge is -2.30. The highest BCUT2D eigenvalue weighted by atomic mass is 32.2. The van der Waals surface area contributed by atoms with E-state index >= 15 is 0 Å². The molecule has 3 N–H and O–H groups in total. The molecular weight excluding hydrogens is 242 g/mol. The molecule has 0 aromatic heterocycles. The van der Waals surface area contributed by atoms with Crippen molar-refractivity contribution in [1.29, 1.82) is 0 Å². The maximum atomic E-state index is 9.53. The smallest absolute Gasteiger partial charge is 0.0540 e. The molecule has 0 bridgehead atoms. The monoisotopic (exact) mass is 265 g/mol. The standard InChI is InChI=1S/C15H23NOS/c1-2-18-14-9-5-12(6-10-14)15(16)11-3-7-13(17)8-4-11/h5-6,9-11,13,15,17H,2-4,7-8,16H2,1H3. The molecule has 0 aliphatic heterocycles. The van der Waals surface area contributed by atoms with Crippen LogP contribution in [0, 0.1) is 5.92 Å². The fourth-order valence-electron chi connectivity index (χ4n) is 2.69. The van der Waals surface area contributed by atoms with E-state index in [9.17, 15) is 5.11 Å². The van der Waals surface area contributed by atoms with E-state index in [-0.39, 0.29) is 12.1 Å². The van der Waals surface area contributed by atoms with Crippen molar-refractivity contribution in [2.45, 2.75) is 49.6 Å². The number of aliphatic hydroxyl groups excluding tert-OH is 1. The number of rotatable bonds is 4. The lowest BCUT2D eigenvalue weighted by molar-refractivity contribution is 0.102. The van der Waals surface area contributed by atoms with E-state index in [0.29, 0.717) is 5.92 Å². The van der Waals surface area contributed by atoms with Gasteiger partial charge in [-0.05, 0) is 55.1 Å². The van der Waals surface area contributed by atoms with Gasteiger partial charge in [0, 0.05) is 10.9 Å². The maximum absolute atomic E-state index is 9.53. The number of nitrogens with two attached hydrogens (primary N) is 1. The summed E-state index contributed by atoms with van der Waals surface area (Å²) in [6.07, 6.45) is 3.81. The van der Waals surface area contributed by atoms with Crippen molar-refractivity contribution in [1.82, 2.24) is 0 Å². The second-order valence-corrected chi connectivity index (χ2v) is 6.43. The summed E-state index contributed by atoms with van der Waals surface area (Å²) in [7, 11) is 0. The first-order chi connectivity index (χ1) is 8.70. The molecule has 2 nitrogen and oxygen atoms in total. The Balaban J connectivity index is 1.97. The average molecular weight is 265 g/mol. The third kappa shape index (κ3) is 3.50. The Morgan fingerprint density at radius 3 is 2.39 bits per heavy atom. The van der Waals surface area contributed by atoms with Crippen molar-refractivity contribution in [2.24, 2.45) is 11.7 Å². The van der Waals surface area contributed by atoms with Gasteiger partial charge < -0.3 is 10.8 Å². The van der Waals surface area contributed by atoms with Gasteiger partial charge in [-0.15, -0.1) is 11.8 Å². The fourth-order valence-corrected chi connectivity index (χ4v) is 3.35. The third-order valence-corrected chi connectivity index (χ3v) is 4.72. The van der Waals surface area contributed by atoms with Crippen molar-refractivity contribution >= 4 is 11.8 Å². The van der Waals surface area contributed by atoms with Crippen LogP contribution in [0.2, 0.25) is 0 Å². The average Bonchev–Trinajstić information content (AvgIpc) is 2.40. The summed E-state index contributed by atoms with van der Waals surface area (Å²) in [6, 6.07) is 8.78. The summed E-state index contributed by atoms with van der Waals surface area (Å²) >= 11 is 1.86. The van der Waals surface area contributed by atoms with Gasteiger partial charge in [-0.1, -0.05) is 19.1 Å². The quantitative estimate of drug-likeness (QED) is 0.821. The Kier molecular flexibility index (Phi) is 5.10. The zero-order valence-electron chi connectivity index (χ0n) is 11.0. The van der Waals surface area contributed by atoms with E-state index in [2.05, 4.69) is 31.2 Å². The zero-order chi connectivity index (χ0) is 13.0. The van der Waals surface area contributed by atoms with Gasteiger partial charge in [-0.25, -0.2) is 0 Å². The molecule has 18 heavy (non-hydrogen) atoms. The van der Waals surface area contributed by atoms with Crippen molar-refractivity contribution in [2.75, 3.05) is 5.75 Å². The molecule has 2 rings (SSSR count). The summed E-state index contributed by atoms with van der Waals surface area (Å²) in [5, 5.41) is 9.53. The van der Waals surface area contributed by atoms with Crippen molar-refractivity contribution in [3.8, 4) is 0 Å². The molecule has 1 aliphatic carbocycles. The van der Waals surface area contributed by atoms with Crippen LogP contribution in [0.15, 0.2) is 29.2 Å². The van der Waals surface area contributed by atoms with E-state index < -0.39 is 0 Å². The largest absolute Gasteiger partial charge is 0.393 e. The molecule has 100 valence electrons. The van der Waals surface area contributed by atoms with E-state index in [4.69, 9.17) is 5.73 Å². The summed E-state index contributed by atoms with van der Waals surface area (Å²) in [6.45, 7) is 2.16. The second-order valence-electron chi connectivity index (χ2n) is 5.10. The van der Waals surface area contributed by atoms with Crippen LogP contribution in [0.25, 0.3) is 0 Å². The van der Waals surface area contributed by atoms with E-state index in [0.717, 1.165) is 31.4 Å². The van der Waals surface area contributed by atoms with Crippen molar-refractivity contribution in [3.63, 3.8) is 0 Å². The SMILES string of the molecule is CCSc1ccc(C(N)C2CCC(O)CC2)cc1. The lowest BCUT2D eigenvalue weighted by Crippen LogP contribution is -2.27. The van der Waals surface area contributed by atoms with Gasteiger partial charge in [0.15, 0.2) is 0 Å². The van der Waals surface area contributed by atoms with Crippen molar-refractivity contribution < 1.29 is 5.11 Å². The molecule has 1 aliphatic rings. The molecule has 1 aromatic rings. The van der Waals surface area contributed by atoms with Crippen LogP contribution in [0.3, 0.4) is 0 Å². The lowest BCUT2D eigenvalue weighted by atomic mass is 9.80. The Morgan fingerprint density at radius 1 is 1.22 bits per heavy atom. The molecule has 1 fully saturated rings. The summed E-state index contributed by atoms with van der Waals surface area (Å²) in [5.74, 6) is 1.63. The highest BCUT2D eigenvalue weighted by Gasteiger charge is 2.25. The molecule has 1 unspecified atom stereocenters. The fraction of sp³-hybridized carbons (Fsp3) is 0.600. The van der Waals surface area contributed by atoms with E-state index in [1.165, 1.54) is 10.5 Å². The topological polar surface area (TPSA) is 46.2 Å². The Hall–Kier alpha value is -0.510. The molecule has 1 saturated carbocycles. The van der Waals surface area contributed by atoms with Crippen LogP contribution >= 0.6 is 11.8 Å². The molecule has 1 atom stereocenters. The normalized spacial score (nSPS) is 25.9. The zero-order valence-corrected chi connectivity index (χ0v) is 11.8. The summed E-state index contributed by atoms with van der Waals surface area (Å²) < 4.78 is 0. The predicted octanol–water partition coefficient (Wildman–Crippen LogP) is 3.35. The third-order valence-electron chi connectivity index (χ3n) is 3.83. The number of hydrogen-bond donors (Lipinski definition) is 2. The van der Waals surface area contributed by atoms with Gasteiger partial charge in [-0.3, -0.25) is 0 Å². The van der Waals surface area contributed by atoms with Crippen LogP contribution in [0.4, 0.5) is 0 Å². The number of aliphatic hydroxyl groups is 1. The van der Waals surface area contributed by atoms with Crippen molar-refractivity contribution in [3.05, 3.63) is 29.8 Å². The minimum Gasteiger partial charge on any atom is -0.393 e. The number of benzene rings is 1. The van der Waals surface area contributed by atoms with Crippen LogP contribution in [0.1, 0.15) is 44.2 Å². The van der Waals surface area contributed by atoms with Crippen LogP contribution in [0.5, 0.6) is 0 Å². The highest BCUT2D eigenvalue weighted by Crippen LogP contribution is 2.33. The van der Waals surface area contributed by atoms with Gasteiger partial charge >= 0.3 is 0 Å². The molecule has 0 radical (unpaired) electrons. The van der Waals surface area contributed by atoms with Gasteiger partial charge in [0.2, 0.25) is 0 Å². The Morgan fingerprint density at radius 2 is 1.83 bits per heavy atom. The predicted molar refractivity (Wildman–Crippen MR) is 77.7 cm³/mol. The molecule has 0 spiro atoms. The minimum absolute atomic E-state index is 0.100. The first-order valence-electron chi connectivity index (χ1n) is 6.87. The molecular formula is C15H23NOS. The maximum Gasteiger partial charge on any atom is 0.0540 e. The van der Waals surface area contributed by atoms with Crippen LogP contribution < -0.4 is 5.73 Å². The Bertz CT molecular complexity index is 357. The Labute approximate surface area is 114 Å². The van der Waals surface area contributed by atoms with E-state index in [1.807, 2.05) is 11.8 Å². The summed E-state index contributed by atoms with van der Waals surface area (Å²) in [5.41, 5.74) is 7.58. The molecule has 0 amide bonds. The molecule has 0 saturated heterocycles. The number of thioether (sulfide) groups is 1. The van der Waals surface area contributed by atoms with Crippen LogP contribution in [-0.2, 0) is 0 Å². The first-order valence-corrected chi connectivity index (χ1v) is 7.85. The minimum atomic E-state index is -0.100. The molecule has 3 heteroatoms. The molecule has 0 heterocycles. The number of hydrogen-bond acceptors (Lipinski definition) is 3.